The Morgan fingerprint density at radius 3 is 2.76 bits per heavy atom. The van der Waals surface area contributed by atoms with E-state index in [4.69, 9.17) is 5.11 Å². The summed E-state index contributed by atoms with van der Waals surface area (Å²) >= 11 is 0. The van der Waals surface area contributed by atoms with Crippen molar-refractivity contribution in [2.45, 2.75) is 6.42 Å². The van der Waals surface area contributed by atoms with Crippen LogP contribution in [0.25, 0.3) is 0 Å². The summed E-state index contributed by atoms with van der Waals surface area (Å²) in [4.78, 5) is 23.0. The van der Waals surface area contributed by atoms with Crippen LogP contribution in [0.15, 0.2) is 24.3 Å². The number of halogens is 1. The van der Waals surface area contributed by atoms with E-state index in [9.17, 15) is 14.0 Å². The fourth-order valence-electron chi connectivity index (χ4n) is 1.20. The Hall–Kier alpha value is -2.11. The molecule has 0 unspecified atom stereocenters. The monoisotopic (exact) mass is 240 g/mol. The smallest absolute Gasteiger partial charge is 0.321 e. The molecule has 0 heterocycles. The second kappa shape index (κ2) is 5.83. The molecule has 0 atom stereocenters. The maximum Gasteiger partial charge on any atom is 0.321 e. The largest absolute Gasteiger partial charge is 0.481 e. The van der Waals surface area contributed by atoms with Crippen molar-refractivity contribution in [2.75, 3.05) is 18.5 Å². The molecule has 0 saturated heterocycles. The lowest BCUT2D eigenvalue weighted by molar-refractivity contribution is -0.136. The van der Waals surface area contributed by atoms with E-state index in [0.717, 1.165) is 0 Å². The van der Waals surface area contributed by atoms with Gasteiger partial charge in [-0.2, -0.15) is 0 Å². The second-order valence-corrected chi connectivity index (χ2v) is 3.41. The summed E-state index contributed by atoms with van der Waals surface area (Å²) in [5, 5.41) is 10.8. The van der Waals surface area contributed by atoms with Gasteiger partial charge >= 0.3 is 12.0 Å². The molecule has 5 nitrogen and oxygen atoms in total. The van der Waals surface area contributed by atoms with E-state index >= 15 is 0 Å². The molecular weight excluding hydrogens is 227 g/mol. The highest BCUT2D eigenvalue weighted by atomic mass is 19.1. The zero-order valence-electron chi connectivity index (χ0n) is 9.31. The molecule has 2 N–H and O–H groups in total. The molecule has 0 bridgehead atoms. The number of aliphatic carboxylic acids is 1. The molecule has 0 aromatic heterocycles. The topological polar surface area (TPSA) is 69.6 Å². The average Bonchev–Trinajstić information content (AvgIpc) is 2.27. The van der Waals surface area contributed by atoms with Gasteiger partial charge in [-0.3, -0.25) is 9.69 Å². The molecule has 0 aliphatic rings. The summed E-state index contributed by atoms with van der Waals surface area (Å²) in [7, 11) is 1.48. The van der Waals surface area contributed by atoms with E-state index in [-0.39, 0.29) is 13.0 Å². The van der Waals surface area contributed by atoms with Gasteiger partial charge in [0.2, 0.25) is 0 Å². The highest BCUT2D eigenvalue weighted by Crippen LogP contribution is 2.13. The van der Waals surface area contributed by atoms with Crippen molar-refractivity contribution in [1.82, 2.24) is 5.32 Å². The van der Waals surface area contributed by atoms with Crippen LogP contribution in [0.3, 0.4) is 0 Å². The van der Waals surface area contributed by atoms with Gasteiger partial charge in [0, 0.05) is 19.3 Å². The summed E-state index contributed by atoms with van der Waals surface area (Å²) in [6.07, 6.45) is -0.150. The van der Waals surface area contributed by atoms with Crippen molar-refractivity contribution in [3.05, 3.63) is 30.1 Å². The number of nitrogens with zero attached hydrogens (tertiary/aromatic N) is 1. The lowest BCUT2D eigenvalue weighted by atomic mass is 10.3. The third-order valence-corrected chi connectivity index (χ3v) is 2.12. The molecule has 2 amide bonds. The lowest BCUT2D eigenvalue weighted by Crippen LogP contribution is -2.38. The highest BCUT2D eigenvalue weighted by Gasteiger charge is 2.10. The molecule has 1 rings (SSSR count). The molecule has 0 fully saturated rings. The number of nitrogens with one attached hydrogen (secondary N) is 1. The molecule has 0 spiro atoms. The Labute approximate surface area is 97.8 Å². The Morgan fingerprint density at radius 2 is 2.18 bits per heavy atom. The Bertz CT molecular complexity index is 423. The molecule has 1 aromatic rings. The van der Waals surface area contributed by atoms with Crippen molar-refractivity contribution in [3.63, 3.8) is 0 Å². The lowest BCUT2D eigenvalue weighted by Gasteiger charge is -2.17. The first-order valence-corrected chi connectivity index (χ1v) is 4.99. The SMILES string of the molecule is CN(C(=O)NCCC(=O)O)c1cccc(F)c1. The minimum atomic E-state index is -0.987. The van der Waals surface area contributed by atoms with E-state index in [1.54, 1.807) is 6.07 Å². The number of benzene rings is 1. The minimum Gasteiger partial charge on any atom is -0.481 e. The van der Waals surface area contributed by atoms with Gasteiger partial charge in [-0.05, 0) is 18.2 Å². The molecular formula is C11H13FN2O3. The van der Waals surface area contributed by atoms with Crippen LogP contribution in [0, 0.1) is 5.82 Å². The minimum absolute atomic E-state index is 0.0355. The summed E-state index contributed by atoms with van der Waals surface area (Å²) in [6, 6.07) is 5.10. The Morgan fingerprint density at radius 1 is 1.47 bits per heavy atom. The number of rotatable bonds is 4. The predicted molar refractivity (Wildman–Crippen MR) is 60.5 cm³/mol. The van der Waals surface area contributed by atoms with Gasteiger partial charge in [-0.15, -0.1) is 0 Å². The second-order valence-electron chi connectivity index (χ2n) is 3.41. The number of hydrogen-bond donors (Lipinski definition) is 2. The van der Waals surface area contributed by atoms with Crippen molar-refractivity contribution >= 4 is 17.7 Å². The molecule has 0 aliphatic heterocycles. The van der Waals surface area contributed by atoms with E-state index in [0.29, 0.717) is 5.69 Å². The third kappa shape index (κ3) is 4.10. The maximum absolute atomic E-state index is 12.9. The molecule has 17 heavy (non-hydrogen) atoms. The zero-order valence-corrected chi connectivity index (χ0v) is 9.31. The van der Waals surface area contributed by atoms with E-state index in [2.05, 4.69) is 5.32 Å². The van der Waals surface area contributed by atoms with Gasteiger partial charge in [-0.1, -0.05) is 6.07 Å². The van der Waals surface area contributed by atoms with Crippen LogP contribution < -0.4 is 10.2 Å². The van der Waals surface area contributed by atoms with Crippen LogP contribution in [0.5, 0.6) is 0 Å². The van der Waals surface area contributed by atoms with Crippen molar-refractivity contribution in [1.29, 1.82) is 0 Å². The Balaban J connectivity index is 2.54. The number of urea groups is 1. The predicted octanol–water partition coefficient (Wildman–Crippen LogP) is 1.45. The van der Waals surface area contributed by atoms with E-state index in [1.165, 1.54) is 30.1 Å². The van der Waals surface area contributed by atoms with E-state index in [1.807, 2.05) is 0 Å². The third-order valence-electron chi connectivity index (χ3n) is 2.12. The normalized spacial score (nSPS) is 9.76. The van der Waals surface area contributed by atoms with Gasteiger partial charge in [-0.25, -0.2) is 9.18 Å². The van der Waals surface area contributed by atoms with Gasteiger partial charge < -0.3 is 10.4 Å². The number of hydrogen-bond acceptors (Lipinski definition) is 2. The molecule has 0 radical (unpaired) electrons. The first-order valence-electron chi connectivity index (χ1n) is 4.99. The average molecular weight is 240 g/mol. The number of carbonyl (C=O) groups excluding carboxylic acids is 1. The molecule has 0 saturated carbocycles. The number of carboxylic acids is 1. The standard InChI is InChI=1S/C11H13FN2O3/c1-14(9-4-2-3-8(12)7-9)11(17)13-6-5-10(15)16/h2-4,7H,5-6H2,1H3,(H,13,17)(H,15,16). The van der Waals surface area contributed by atoms with Crippen molar-refractivity contribution < 1.29 is 19.1 Å². The summed E-state index contributed by atoms with van der Waals surface area (Å²) in [5.41, 5.74) is 0.401. The van der Waals surface area contributed by atoms with Crippen LogP contribution >= 0.6 is 0 Å². The van der Waals surface area contributed by atoms with E-state index < -0.39 is 17.8 Å². The highest BCUT2D eigenvalue weighted by molar-refractivity contribution is 5.91. The fourth-order valence-corrected chi connectivity index (χ4v) is 1.20. The molecule has 92 valence electrons. The number of anilines is 1. The summed E-state index contributed by atoms with van der Waals surface area (Å²) in [6.45, 7) is 0.0355. The quantitative estimate of drug-likeness (QED) is 0.836. The first-order chi connectivity index (χ1) is 8.00. The first kappa shape index (κ1) is 13.0. The Kier molecular flexibility index (Phi) is 4.45. The summed E-state index contributed by atoms with van der Waals surface area (Å²) in [5.74, 6) is -1.42. The number of amides is 2. The number of carboxylic acid groups (broad SMARTS) is 1. The molecule has 6 heteroatoms. The zero-order chi connectivity index (χ0) is 12.8. The van der Waals surface area contributed by atoms with Crippen LogP contribution in [0.1, 0.15) is 6.42 Å². The van der Waals surface area contributed by atoms with Gasteiger partial charge in [0.25, 0.3) is 0 Å². The van der Waals surface area contributed by atoms with Crippen molar-refractivity contribution in [3.8, 4) is 0 Å². The van der Waals surface area contributed by atoms with Gasteiger partial charge in [0.1, 0.15) is 5.82 Å². The van der Waals surface area contributed by atoms with Crippen molar-refractivity contribution in [2.24, 2.45) is 0 Å². The van der Waals surface area contributed by atoms with Crippen LogP contribution in [0.4, 0.5) is 14.9 Å². The maximum atomic E-state index is 12.9. The van der Waals surface area contributed by atoms with Crippen LogP contribution in [0.2, 0.25) is 0 Å². The van der Waals surface area contributed by atoms with Crippen LogP contribution in [-0.4, -0.2) is 30.7 Å². The van der Waals surface area contributed by atoms with Gasteiger partial charge in [0.15, 0.2) is 0 Å². The fraction of sp³-hybridized carbons (Fsp3) is 0.273. The number of carbonyl (C=O) groups is 2. The molecule has 0 aliphatic carbocycles. The molecule has 1 aromatic carbocycles. The van der Waals surface area contributed by atoms with Gasteiger partial charge in [0.05, 0.1) is 6.42 Å². The van der Waals surface area contributed by atoms with Crippen LogP contribution in [-0.2, 0) is 4.79 Å². The summed E-state index contributed by atoms with van der Waals surface area (Å²) < 4.78 is 12.9.